The summed E-state index contributed by atoms with van der Waals surface area (Å²) in [5.41, 5.74) is 4.08. The number of esters is 1. The summed E-state index contributed by atoms with van der Waals surface area (Å²) in [5.74, 6) is -7.72. The Morgan fingerprint density at radius 1 is 1.21 bits per heavy atom. The number of carbonyl (C=O) groups excluding carboxylic acids is 3. The fourth-order valence-corrected chi connectivity index (χ4v) is 1.97. The molecular formula is C15H17F3N2O4. The molecular weight excluding hydrogens is 329 g/mol. The predicted molar refractivity (Wildman–Crippen MR) is 77.2 cm³/mol. The van der Waals surface area contributed by atoms with Crippen LogP contribution in [0.3, 0.4) is 0 Å². The molecule has 0 heterocycles. The van der Waals surface area contributed by atoms with Crippen LogP contribution in [0.15, 0.2) is 12.1 Å². The SMILES string of the molecule is CCOC(=O)[C@@H](C)C[C@H](NC(=O)c1c(F)cc(F)cc1F)C(N)=O. The predicted octanol–water partition coefficient (Wildman–Crippen LogP) is 1.28. The zero-order chi connectivity index (χ0) is 18.4. The molecule has 132 valence electrons. The largest absolute Gasteiger partial charge is 0.466 e. The van der Waals surface area contributed by atoms with Gasteiger partial charge in [-0.3, -0.25) is 14.4 Å². The van der Waals surface area contributed by atoms with E-state index in [-0.39, 0.29) is 13.0 Å². The molecule has 6 nitrogen and oxygen atoms in total. The van der Waals surface area contributed by atoms with Crippen molar-refractivity contribution >= 4 is 17.8 Å². The number of halogens is 3. The molecule has 0 fully saturated rings. The van der Waals surface area contributed by atoms with Gasteiger partial charge in [-0.1, -0.05) is 6.92 Å². The van der Waals surface area contributed by atoms with E-state index < -0.39 is 52.8 Å². The minimum absolute atomic E-state index is 0.128. The number of hydrogen-bond donors (Lipinski definition) is 2. The second-order valence-corrected chi connectivity index (χ2v) is 5.06. The maximum atomic E-state index is 13.6. The molecule has 0 radical (unpaired) electrons. The van der Waals surface area contributed by atoms with Gasteiger partial charge < -0.3 is 15.8 Å². The third-order valence-electron chi connectivity index (χ3n) is 3.16. The summed E-state index contributed by atoms with van der Waals surface area (Å²) in [6, 6.07) is -0.697. The zero-order valence-corrected chi connectivity index (χ0v) is 13.1. The molecule has 1 rings (SSSR count). The second-order valence-electron chi connectivity index (χ2n) is 5.06. The highest BCUT2D eigenvalue weighted by atomic mass is 19.1. The van der Waals surface area contributed by atoms with Crippen molar-refractivity contribution in [1.82, 2.24) is 5.32 Å². The summed E-state index contributed by atoms with van der Waals surface area (Å²) in [4.78, 5) is 34.9. The minimum Gasteiger partial charge on any atom is -0.466 e. The first-order valence-electron chi connectivity index (χ1n) is 7.08. The van der Waals surface area contributed by atoms with Crippen molar-refractivity contribution in [3.05, 3.63) is 35.1 Å². The van der Waals surface area contributed by atoms with Crippen LogP contribution in [-0.4, -0.2) is 30.4 Å². The van der Waals surface area contributed by atoms with Gasteiger partial charge in [0, 0.05) is 12.1 Å². The number of benzene rings is 1. The van der Waals surface area contributed by atoms with Gasteiger partial charge in [0.1, 0.15) is 29.1 Å². The van der Waals surface area contributed by atoms with E-state index in [1.807, 2.05) is 5.32 Å². The lowest BCUT2D eigenvalue weighted by molar-refractivity contribution is -0.147. The van der Waals surface area contributed by atoms with Gasteiger partial charge in [0.05, 0.1) is 12.5 Å². The first-order valence-corrected chi connectivity index (χ1v) is 7.08. The molecule has 3 N–H and O–H groups in total. The monoisotopic (exact) mass is 346 g/mol. The maximum absolute atomic E-state index is 13.6. The van der Waals surface area contributed by atoms with Crippen LogP contribution in [0, 0.1) is 23.4 Å². The zero-order valence-electron chi connectivity index (χ0n) is 13.1. The van der Waals surface area contributed by atoms with Crippen molar-refractivity contribution in [2.75, 3.05) is 6.61 Å². The molecule has 9 heteroatoms. The Balaban J connectivity index is 2.92. The highest BCUT2D eigenvalue weighted by Crippen LogP contribution is 2.16. The number of primary amides is 1. The van der Waals surface area contributed by atoms with Crippen LogP contribution in [0.4, 0.5) is 13.2 Å². The fourth-order valence-electron chi connectivity index (χ4n) is 1.97. The van der Waals surface area contributed by atoms with E-state index in [0.29, 0.717) is 12.1 Å². The van der Waals surface area contributed by atoms with Crippen molar-refractivity contribution < 1.29 is 32.3 Å². The number of rotatable bonds is 7. The van der Waals surface area contributed by atoms with Gasteiger partial charge in [-0.05, 0) is 13.3 Å². The van der Waals surface area contributed by atoms with Crippen LogP contribution in [0.1, 0.15) is 30.6 Å². The summed E-state index contributed by atoms with van der Waals surface area (Å²) in [7, 11) is 0. The summed E-state index contributed by atoms with van der Waals surface area (Å²) >= 11 is 0. The molecule has 0 unspecified atom stereocenters. The number of ether oxygens (including phenoxy) is 1. The van der Waals surface area contributed by atoms with E-state index in [1.54, 1.807) is 6.92 Å². The Labute approximate surface area is 136 Å². The molecule has 1 aromatic rings. The summed E-state index contributed by atoms with van der Waals surface area (Å²) < 4.78 is 44.8. The third kappa shape index (κ3) is 4.97. The van der Waals surface area contributed by atoms with E-state index in [4.69, 9.17) is 10.5 Å². The number of nitrogens with one attached hydrogen (secondary N) is 1. The van der Waals surface area contributed by atoms with Crippen molar-refractivity contribution in [2.24, 2.45) is 11.7 Å². The summed E-state index contributed by atoms with van der Waals surface area (Å²) in [5, 5.41) is 2.04. The molecule has 0 saturated heterocycles. The van der Waals surface area contributed by atoms with Crippen LogP contribution < -0.4 is 11.1 Å². The molecule has 0 aliphatic carbocycles. The molecule has 0 spiro atoms. The van der Waals surface area contributed by atoms with Gasteiger partial charge >= 0.3 is 5.97 Å². The molecule has 0 aromatic heterocycles. The Morgan fingerprint density at radius 2 is 1.75 bits per heavy atom. The average Bonchev–Trinajstić information content (AvgIpc) is 2.45. The Morgan fingerprint density at radius 3 is 2.21 bits per heavy atom. The highest BCUT2D eigenvalue weighted by molar-refractivity contribution is 5.97. The number of amides is 2. The number of nitrogens with two attached hydrogens (primary N) is 1. The minimum atomic E-state index is -1.42. The van der Waals surface area contributed by atoms with E-state index in [2.05, 4.69) is 0 Å². The molecule has 0 saturated carbocycles. The van der Waals surface area contributed by atoms with E-state index >= 15 is 0 Å². The van der Waals surface area contributed by atoms with Gasteiger partial charge in [-0.2, -0.15) is 0 Å². The average molecular weight is 346 g/mol. The Bertz CT molecular complexity index is 629. The Hall–Kier alpha value is -2.58. The van der Waals surface area contributed by atoms with Crippen LogP contribution in [0.25, 0.3) is 0 Å². The summed E-state index contributed by atoms with van der Waals surface area (Å²) in [6.45, 7) is 3.17. The van der Waals surface area contributed by atoms with Crippen molar-refractivity contribution in [3.8, 4) is 0 Å². The van der Waals surface area contributed by atoms with Gasteiger partial charge in [0.25, 0.3) is 5.91 Å². The maximum Gasteiger partial charge on any atom is 0.308 e. The number of hydrogen-bond acceptors (Lipinski definition) is 4. The molecule has 1 aromatic carbocycles. The van der Waals surface area contributed by atoms with Gasteiger partial charge in [0.15, 0.2) is 0 Å². The van der Waals surface area contributed by atoms with Crippen LogP contribution in [-0.2, 0) is 14.3 Å². The Kier molecular flexibility index (Phi) is 6.75. The fraction of sp³-hybridized carbons (Fsp3) is 0.400. The normalized spacial score (nSPS) is 13.0. The molecule has 0 aliphatic heterocycles. The van der Waals surface area contributed by atoms with Crippen LogP contribution in [0.5, 0.6) is 0 Å². The van der Waals surface area contributed by atoms with E-state index in [0.717, 1.165) is 0 Å². The third-order valence-corrected chi connectivity index (χ3v) is 3.16. The molecule has 24 heavy (non-hydrogen) atoms. The number of carbonyl (C=O) groups is 3. The lowest BCUT2D eigenvalue weighted by Crippen LogP contribution is -2.46. The van der Waals surface area contributed by atoms with Crippen LogP contribution in [0.2, 0.25) is 0 Å². The van der Waals surface area contributed by atoms with E-state index in [1.165, 1.54) is 6.92 Å². The summed E-state index contributed by atoms with van der Waals surface area (Å²) in [6.07, 6.45) is -0.218. The first kappa shape index (κ1) is 19.5. The molecule has 2 atom stereocenters. The van der Waals surface area contributed by atoms with Gasteiger partial charge in [0.2, 0.25) is 5.91 Å². The first-order chi connectivity index (χ1) is 11.2. The molecule has 0 aliphatic rings. The van der Waals surface area contributed by atoms with Gasteiger partial charge in [-0.25, -0.2) is 13.2 Å². The standard InChI is InChI=1S/C15H17F3N2O4/c1-3-24-15(23)7(2)4-11(13(19)21)20-14(22)12-9(17)5-8(16)6-10(12)18/h5-7,11H,3-4H2,1-2H3,(H2,19,21)(H,20,22)/t7-,11-/m0/s1. The van der Waals surface area contributed by atoms with Crippen molar-refractivity contribution in [1.29, 1.82) is 0 Å². The van der Waals surface area contributed by atoms with Crippen molar-refractivity contribution in [3.63, 3.8) is 0 Å². The highest BCUT2D eigenvalue weighted by Gasteiger charge is 2.28. The topological polar surface area (TPSA) is 98.5 Å². The smallest absolute Gasteiger partial charge is 0.308 e. The van der Waals surface area contributed by atoms with Gasteiger partial charge in [-0.15, -0.1) is 0 Å². The van der Waals surface area contributed by atoms with Crippen LogP contribution >= 0.6 is 0 Å². The molecule has 2 amide bonds. The van der Waals surface area contributed by atoms with Crippen molar-refractivity contribution in [2.45, 2.75) is 26.3 Å². The lowest BCUT2D eigenvalue weighted by Gasteiger charge is -2.19. The van der Waals surface area contributed by atoms with E-state index in [9.17, 15) is 27.6 Å². The quantitative estimate of drug-likeness (QED) is 0.727. The molecule has 0 bridgehead atoms. The lowest BCUT2D eigenvalue weighted by atomic mass is 10.0. The second kappa shape index (κ2) is 8.32.